The molecule has 3 aromatic rings. The molecular formula is C23H25FN4O4S. The summed E-state index contributed by atoms with van der Waals surface area (Å²) in [5.74, 6) is -1.02. The van der Waals surface area contributed by atoms with Crippen molar-refractivity contribution < 1.29 is 23.5 Å². The van der Waals surface area contributed by atoms with Gasteiger partial charge in [0.25, 0.3) is 11.8 Å². The van der Waals surface area contributed by atoms with Crippen molar-refractivity contribution in [2.75, 3.05) is 39.2 Å². The summed E-state index contributed by atoms with van der Waals surface area (Å²) in [6.07, 6.45) is 1.38. The summed E-state index contributed by atoms with van der Waals surface area (Å²) >= 11 is 1.19. The van der Waals surface area contributed by atoms with Crippen LogP contribution in [-0.2, 0) is 4.74 Å². The highest BCUT2D eigenvalue weighted by Crippen LogP contribution is 2.41. The van der Waals surface area contributed by atoms with Gasteiger partial charge in [0.2, 0.25) is 11.8 Å². The molecule has 0 aliphatic carbocycles. The molecule has 33 heavy (non-hydrogen) atoms. The molecule has 8 nitrogen and oxygen atoms in total. The number of anilines is 1. The van der Waals surface area contributed by atoms with E-state index in [1.54, 1.807) is 36.2 Å². The Labute approximate surface area is 194 Å². The largest absolute Gasteiger partial charge is 0.479 e. The number of nitrogens with zero attached hydrogens (tertiary/aromatic N) is 3. The summed E-state index contributed by atoms with van der Waals surface area (Å²) in [6.45, 7) is 3.61. The highest BCUT2D eigenvalue weighted by atomic mass is 32.1. The zero-order valence-electron chi connectivity index (χ0n) is 18.7. The van der Waals surface area contributed by atoms with Crippen LogP contribution in [0.4, 0.5) is 9.52 Å². The normalized spacial score (nSPS) is 14.3. The number of ether oxygens (including phenoxy) is 2. The van der Waals surface area contributed by atoms with Crippen molar-refractivity contribution >= 4 is 38.5 Å². The van der Waals surface area contributed by atoms with E-state index < -0.39 is 5.95 Å². The Morgan fingerprint density at radius 2 is 1.88 bits per heavy atom. The van der Waals surface area contributed by atoms with Gasteiger partial charge in [0.15, 0.2) is 5.13 Å². The van der Waals surface area contributed by atoms with Crippen molar-refractivity contribution in [3.63, 3.8) is 0 Å². The van der Waals surface area contributed by atoms with E-state index in [0.29, 0.717) is 64.6 Å². The van der Waals surface area contributed by atoms with Gasteiger partial charge in [0.05, 0.1) is 11.8 Å². The number of fused-ring (bicyclic) bond motifs is 1. The van der Waals surface area contributed by atoms with Gasteiger partial charge in [0.1, 0.15) is 5.52 Å². The quantitative estimate of drug-likeness (QED) is 0.544. The Kier molecular flexibility index (Phi) is 6.85. The van der Waals surface area contributed by atoms with E-state index in [2.05, 4.69) is 15.3 Å². The molecule has 1 aliphatic rings. The molecule has 4 rings (SSSR count). The molecule has 174 valence electrons. The summed E-state index contributed by atoms with van der Waals surface area (Å²) in [7, 11) is 3.13. The van der Waals surface area contributed by atoms with E-state index in [4.69, 9.17) is 9.47 Å². The number of nitrogens with one attached hydrogen (secondary N) is 1. The Morgan fingerprint density at radius 1 is 1.21 bits per heavy atom. The van der Waals surface area contributed by atoms with E-state index in [1.807, 2.05) is 6.92 Å². The van der Waals surface area contributed by atoms with E-state index in [-0.39, 0.29) is 23.6 Å². The standard InChI is InChI=1S/C23H25FN4O4S/c1-4-28(2)22(30)15-7-5-14(6-8-15)20(29)27-23-25-17-18(33-23)16(13-9-11-32-12-10-13)19(24)26-21(17)31-3/h5-8,13H,4,9-12H2,1-3H3,(H,25,27,29). The number of aromatic nitrogens is 2. The van der Waals surface area contributed by atoms with Crippen molar-refractivity contribution in [3.8, 4) is 5.88 Å². The van der Waals surface area contributed by atoms with Crippen LogP contribution in [0.2, 0.25) is 0 Å². The number of halogens is 1. The van der Waals surface area contributed by atoms with Gasteiger partial charge in [-0.05, 0) is 49.9 Å². The minimum atomic E-state index is -0.579. The molecule has 0 saturated carbocycles. The van der Waals surface area contributed by atoms with Crippen LogP contribution >= 0.6 is 11.3 Å². The number of hydrogen-bond donors (Lipinski definition) is 1. The number of methoxy groups -OCH3 is 1. The summed E-state index contributed by atoms with van der Waals surface area (Å²) < 4.78 is 26.2. The fourth-order valence-corrected chi connectivity index (χ4v) is 4.84. The maximum atomic E-state index is 14.9. The minimum Gasteiger partial charge on any atom is -0.479 e. The predicted octanol–water partition coefficient (Wildman–Crippen LogP) is 4.08. The maximum absolute atomic E-state index is 14.9. The third kappa shape index (κ3) is 4.67. The Morgan fingerprint density at radius 3 is 2.52 bits per heavy atom. The molecule has 1 aliphatic heterocycles. The van der Waals surface area contributed by atoms with Gasteiger partial charge in [-0.1, -0.05) is 11.3 Å². The van der Waals surface area contributed by atoms with Gasteiger partial charge in [-0.15, -0.1) is 0 Å². The number of hydrogen-bond acceptors (Lipinski definition) is 7. The molecule has 1 fully saturated rings. The molecule has 0 spiro atoms. The molecule has 0 bridgehead atoms. The first kappa shape index (κ1) is 23.1. The average molecular weight is 473 g/mol. The van der Waals surface area contributed by atoms with Crippen LogP contribution in [0, 0.1) is 5.95 Å². The summed E-state index contributed by atoms with van der Waals surface area (Å²) in [4.78, 5) is 35.1. The van der Waals surface area contributed by atoms with Crippen molar-refractivity contribution in [2.24, 2.45) is 0 Å². The number of carbonyl (C=O) groups is 2. The van der Waals surface area contributed by atoms with Crippen LogP contribution in [0.3, 0.4) is 0 Å². The molecule has 0 radical (unpaired) electrons. The zero-order chi connectivity index (χ0) is 23.5. The molecule has 2 amide bonds. The number of rotatable bonds is 6. The first-order valence-electron chi connectivity index (χ1n) is 10.7. The first-order valence-corrected chi connectivity index (χ1v) is 11.5. The fraction of sp³-hybridized carbons (Fsp3) is 0.391. The Balaban J connectivity index is 1.61. The van der Waals surface area contributed by atoms with Crippen LogP contribution in [0.1, 0.15) is 52.0 Å². The highest BCUT2D eigenvalue weighted by Gasteiger charge is 2.27. The maximum Gasteiger partial charge on any atom is 0.257 e. The third-order valence-electron chi connectivity index (χ3n) is 5.75. The third-order valence-corrected chi connectivity index (χ3v) is 6.76. The van der Waals surface area contributed by atoms with Gasteiger partial charge >= 0.3 is 0 Å². The average Bonchev–Trinajstić information content (AvgIpc) is 3.26. The van der Waals surface area contributed by atoms with Crippen molar-refractivity contribution in [2.45, 2.75) is 25.7 Å². The minimum absolute atomic E-state index is 0.0324. The second-order valence-electron chi connectivity index (χ2n) is 7.76. The lowest BCUT2D eigenvalue weighted by Crippen LogP contribution is -2.26. The molecular weight excluding hydrogens is 447 g/mol. The molecule has 3 heterocycles. The van der Waals surface area contributed by atoms with E-state index in [9.17, 15) is 14.0 Å². The molecule has 1 N–H and O–H groups in total. The van der Waals surface area contributed by atoms with Crippen LogP contribution in [0.25, 0.3) is 10.2 Å². The lowest BCUT2D eigenvalue weighted by molar-refractivity contribution is 0.0801. The number of benzene rings is 1. The zero-order valence-corrected chi connectivity index (χ0v) is 19.5. The lowest BCUT2D eigenvalue weighted by atomic mass is 9.92. The fourth-order valence-electron chi connectivity index (χ4n) is 3.78. The van der Waals surface area contributed by atoms with Crippen LogP contribution < -0.4 is 10.1 Å². The topological polar surface area (TPSA) is 93.7 Å². The van der Waals surface area contributed by atoms with Crippen molar-refractivity contribution in [1.29, 1.82) is 0 Å². The lowest BCUT2D eigenvalue weighted by Gasteiger charge is -2.22. The van der Waals surface area contributed by atoms with Crippen molar-refractivity contribution in [1.82, 2.24) is 14.9 Å². The van der Waals surface area contributed by atoms with Gasteiger partial charge in [-0.2, -0.15) is 9.37 Å². The van der Waals surface area contributed by atoms with Crippen LogP contribution in [0.5, 0.6) is 5.88 Å². The summed E-state index contributed by atoms with van der Waals surface area (Å²) in [5.41, 5.74) is 1.80. The van der Waals surface area contributed by atoms with Gasteiger partial charge in [-0.3, -0.25) is 14.9 Å². The highest BCUT2D eigenvalue weighted by molar-refractivity contribution is 7.22. The van der Waals surface area contributed by atoms with Crippen molar-refractivity contribution in [3.05, 3.63) is 46.9 Å². The van der Waals surface area contributed by atoms with Crippen LogP contribution in [-0.4, -0.2) is 60.6 Å². The van der Waals surface area contributed by atoms with Gasteiger partial charge < -0.3 is 14.4 Å². The molecule has 0 unspecified atom stereocenters. The number of thiazole rings is 1. The number of pyridine rings is 1. The smallest absolute Gasteiger partial charge is 0.257 e. The van der Waals surface area contributed by atoms with Crippen LogP contribution in [0.15, 0.2) is 24.3 Å². The molecule has 1 saturated heterocycles. The SMILES string of the molecule is CCN(C)C(=O)c1ccc(C(=O)Nc2nc3c(OC)nc(F)c(C4CCOCC4)c3s2)cc1. The Hall–Kier alpha value is -3.11. The monoisotopic (exact) mass is 472 g/mol. The molecule has 0 atom stereocenters. The molecule has 1 aromatic carbocycles. The second-order valence-corrected chi connectivity index (χ2v) is 8.76. The molecule has 10 heteroatoms. The second kappa shape index (κ2) is 9.80. The molecule has 2 aromatic heterocycles. The van der Waals surface area contributed by atoms with E-state index in [1.165, 1.54) is 18.4 Å². The predicted molar refractivity (Wildman–Crippen MR) is 124 cm³/mol. The summed E-state index contributed by atoms with van der Waals surface area (Å²) in [5, 5.41) is 3.09. The number of carbonyl (C=O) groups excluding carboxylic acids is 2. The van der Waals surface area contributed by atoms with Gasteiger partial charge in [-0.25, -0.2) is 4.98 Å². The van der Waals surface area contributed by atoms with Gasteiger partial charge in [0, 0.05) is 43.5 Å². The van der Waals surface area contributed by atoms with E-state index >= 15 is 0 Å². The van der Waals surface area contributed by atoms with E-state index in [0.717, 1.165) is 0 Å². The first-order chi connectivity index (χ1) is 15.9. The number of amides is 2. The summed E-state index contributed by atoms with van der Waals surface area (Å²) in [6, 6.07) is 6.42. The Bertz CT molecular complexity index is 1180.